The lowest BCUT2D eigenvalue weighted by atomic mass is 10.2. The number of hydrogen-bond donors (Lipinski definition) is 2. The Labute approximate surface area is 151 Å². The third-order valence-electron chi connectivity index (χ3n) is 4.00. The molecule has 0 radical (unpaired) electrons. The second-order valence-electron chi connectivity index (χ2n) is 6.12. The predicted molar refractivity (Wildman–Crippen MR) is 98.5 cm³/mol. The minimum atomic E-state index is -2.96. The van der Waals surface area contributed by atoms with Gasteiger partial charge < -0.3 is 15.4 Å². The van der Waals surface area contributed by atoms with E-state index >= 15 is 0 Å². The topological polar surface area (TPSA) is 110 Å². The van der Waals surface area contributed by atoms with Gasteiger partial charge in [-0.2, -0.15) is 0 Å². The molecule has 0 amide bonds. The van der Waals surface area contributed by atoms with Crippen molar-refractivity contribution in [2.45, 2.75) is 19.4 Å². The Hall–Kier alpha value is -2.68. The van der Waals surface area contributed by atoms with Gasteiger partial charge in [-0.3, -0.25) is 0 Å². The summed E-state index contributed by atoms with van der Waals surface area (Å²) in [6, 6.07) is 8.41. The van der Waals surface area contributed by atoms with Crippen LogP contribution >= 0.6 is 0 Å². The van der Waals surface area contributed by atoms with Crippen LogP contribution in [0.1, 0.15) is 22.6 Å². The maximum atomic E-state index is 11.6. The molecule has 8 nitrogen and oxygen atoms in total. The number of aryl methyl sites for hydroxylation is 1. The smallest absolute Gasteiger partial charge is 0.337 e. The number of anilines is 3. The first-order valence-corrected chi connectivity index (χ1v) is 9.95. The number of sulfone groups is 1. The standard InChI is InChI=1S/C17H20N4O4S/c1-11-18-15(20-13-5-3-12(4-6-13)17(22)25-2)9-16(19-11)21-14-7-8-26(23,24)10-14/h3-6,9,14H,7-8,10H2,1-2H3,(H2,18,19,20,21). The quantitative estimate of drug-likeness (QED) is 0.762. The Morgan fingerprint density at radius 3 is 2.50 bits per heavy atom. The largest absolute Gasteiger partial charge is 0.465 e. The molecule has 1 aromatic heterocycles. The molecule has 9 heteroatoms. The Morgan fingerprint density at radius 2 is 1.88 bits per heavy atom. The van der Waals surface area contributed by atoms with E-state index in [1.165, 1.54) is 7.11 Å². The van der Waals surface area contributed by atoms with E-state index in [1.807, 2.05) is 0 Å². The molecule has 2 aromatic rings. The van der Waals surface area contributed by atoms with E-state index in [0.717, 1.165) is 5.69 Å². The molecule has 1 fully saturated rings. The molecule has 138 valence electrons. The number of aromatic nitrogens is 2. The van der Waals surface area contributed by atoms with Crippen LogP contribution in [0.5, 0.6) is 0 Å². The normalized spacial score (nSPS) is 18.3. The highest BCUT2D eigenvalue weighted by Crippen LogP contribution is 2.21. The number of ether oxygens (including phenoxy) is 1. The zero-order valence-electron chi connectivity index (χ0n) is 14.5. The lowest BCUT2D eigenvalue weighted by Crippen LogP contribution is -2.21. The summed E-state index contributed by atoms with van der Waals surface area (Å²) in [5, 5.41) is 6.31. The predicted octanol–water partition coefficient (Wildman–Crippen LogP) is 1.91. The zero-order chi connectivity index (χ0) is 18.7. The van der Waals surface area contributed by atoms with Crippen molar-refractivity contribution in [1.82, 2.24) is 9.97 Å². The zero-order valence-corrected chi connectivity index (χ0v) is 15.3. The van der Waals surface area contributed by atoms with Crippen molar-refractivity contribution in [2.75, 3.05) is 29.2 Å². The number of nitrogens with one attached hydrogen (secondary N) is 2. The molecule has 0 saturated carbocycles. The molecular weight excluding hydrogens is 356 g/mol. The number of hydrogen-bond acceptors (Lipinski definition) is 8. The summed E-state index contributed by atoms with van der Waals surface area (Å²) >= 11 is 0. The third-order valence-corrected chi connectivity index (χ3v) is 5.77. The number of benzene rings is 1. The van der Waals surface area contributed by atoms with Crippen molar-refractivity contribution in [1.29, 1.82) is 0 Å². The molecule has 26 heavy (non-hydrogen) atoms. The molecule has 2 N–H and O–H groups in total. The van der Waals surface area contributed by atoms with E-state index in [9.17, 15) is 13.2 Å². The maximum absolute atomic E-state index is 11.6. The maximum Gasteiger partial charge on any atom is 0.337 e. The van der Waals surface area contributed by atoms with Gasteiger partial charge in [0, 0.05) is 17.8 Å². The fourth-order valence-electron chi connectivity index (χ4n) is 2.78. The van der Waals surface area contributed by atoms with Gasteiger partial charge in [0.05, 0.1) is 24.2 Å². The van der Waals surface area contributed by atoms with E-state index < -0.39 is 15.8 Å². The molecule has 1 aliphatic rings. The number of carbonyl (C=O) groups excluding carboxylic acids is 1. The van der Waals surface area contributed by atoms with Crippen LogP contribution in [0, 0.1) is 6.92 Å². The summed E-state index contributed by atoms with van der Waals surface area (Å²) in [6.07, 6.45) is 0.573. The van der Waals surface area contributed by atoms with Crippen molar-refractivity contribution in [3.63, 3.8) is 0 Å². The fraction of sp³-hybridized carbons (Fsp3) is 0.353. The lowest BCUT2D eigenvalue weighted by molar-refractivity contribution is 0.0600. The number of rotatable bonds is 5. The van der Waals surface area contributed by atoms with Crippen LogP contribution in [-0.4, -0.2) is 49.0 Å². The van der Waals surface area contributed by atoms with Crippen LogP contribution in [-0.2, 0) is 14.6 Å². The molecular formula is C17H20N4O4S. The number of carbonyl (C=O) groups is 1. The van der Waals surface area contributed by atoms with Gasteiger partial charge in [0.15, 0.2) is 9.84 Å². The number of esters is 1. The van der Waals surface area contributed by atoms with Crippen LogP contribution < -0.4 is 10.6 Å². The Kier molecular flexibility index (Phi) is 5.08. The summed E-state index contributed by atoms with van der Waals surface area (Å²) in [7, 11) is -1.62. The number of methoxy groups -OCH3 is 1. The third kappa shape index (κ3) is 4.48. The van der Waals surface area contributed by atoms with Gasteiger partial charge in [-0.05, 0) is 37.6 Å². The van der Waals surface area contributed by atoms with Crippen LogP contribution in [0.3, 0.4) is 0 Å². The highest BCUT2D eigenvalue weighted by Gasteiger charge is 2.28. The molecule has 1 unspecified atom stereocenters. The Morgan fingerprint density at radius 1 is 1.19 bits per heavy atom. The van der Waals surface area contributed by atoms with Crippen molar-refractivity contribution in [2.24, 2.45) is 0 Å². The lowest BCUT2D eigenvalue weighted by Gasteiger charge is -2.14. The average Bonchev–Trinajstić information content (AvgIpc) is 2.93. The van der Waals surface area contributed by atoms with E-state index in [-0.39, 0.29) is 17.5 Å². The second kappa shape index (κ2) is 7.28. The molecule has 1 atom stereocenters. The molecule has 0 aliphatic carbocycles. The van der Waals surface area contributed by atoms with E-state index in [1.54, 1.807) is 37.3 Å². The van der Waals surface area contributed by atoms with E-state index in [2.05, 4.69) is 25.3 Å². The average molecular weight is 376 g/mol. The van der Waals surface area contributed by atoms with Crippen LogP contribution in [0.25, 0.3) is 0 Å². The van der Waals surface area contributed by atoms with Gasteiger partial charge in [-0.1, -0.05) is 0 Å². The Balaban J connectivity index is 1.72. The first-order valence-electron chi connectivity index (χ1n) is 8.13. The van der Waals surface area contributed by atoms with Crippen LogP contribution in [0.4, 0.5) is 17.3 Å². The molecule has 1 saturated heterocycles. The van der Waals surface area contributed by atoms with Gasteiger partial charge >= 0.3 is 5.97 Å². The highest BCUT2D eigenvalue weighted by atomic mass is 32.2. The monoisotopic (exact) mass is 376 g/mol. The first-order chi connectivity index (χ1) is 12.3. The van der Waals surface area contributed by atoms with Gasteiger partial charge in [0.1, 0.15) is 17.5 Å². The highest BCUT2D eigenvalue weighted by molar-refractivity contribution is 7.91. The van der Waals surface area contributed by atoms with Crippen molar-refractivity contribution < 1.29 is 17.9 Å². The van der Waals surface area contributed by atoms with Crippen molar-refractivity contribution in [3.05, 3.63) is 41.7 Å². The molecule has 2 heterocycles. The molecule has 0 bridgehead atoms. The van der Waals surface area contributed by atoms with Crippen LogP contribution in [0.15, 0.2) is 30.3 Å². The van der Waals surface area contributed by atoms with Gasteiger partial charge in [0.25, 0.3) is 0 Å². The molecule has 0 spiro atoms. The first kappa shape index (κ1) is 18.1. The van der Waals surface area contributed by atoms with Crippen LogP contribution in [0.2, 0.25) is 0 Å². The SMILES string of the molecule is COC(=O)c1ccc(Nc2cc(NC3CCS(=O)(=O)C3)nc(C)n2)cc1. The van der Waals surface area contributed by atoms with Gasteiger partial charge in [0.2, 0.25) is 0 Å². The second-order valence-corrected chi connectivity index (χ2v) is 8.35. The fourth-order valence-corrected chi connectivity index (χ4v) is 4.45. The molecule has 1 aromatic carbocycles. The Bertz CT molecular complexity index is 913. The van der Waals surface area contributed by atoms with Gasteiger partial charge in [-0.15, -0.1) is 0 Å². The molecule has 3 rings (SSSR count). The minimum Gasteiger partial charge on any atom is -0.465 e. The number of nitrogens with zero attached hydrogens (tertiary/aromatic N) is 2. The molecule has 1 aliphatic heterocycles. The summed E-state index contributed by atoms with van der Waals surface area (Å²) in [4.78, 5) is 20.1. The summed E-state index contributed by atoms with van der Waals surface area (Å²) in [5.41, 5.74) is 1.21. The van der Waals surface area contributed by atoms with Gasteiger partial charge in [-0.25, -0.2) is 23.2 Å². The van der Waals surface area contributed by atoms with Crippen molar-refractivity contribution in [3.8, 4) is 0 Å². The summed E-state index contributed by atoms with van der Waals surface area (Å²) in [5.74, 6) is 1.64. The summed E-state index contributed by atoms with van der Waals surface area (Å²) in [6.45, 7) is 1.77. The summed E-state index contributed by atoms with van der Waals surface area (Å²) < 4.78 is 27.8. The van der Waals surface area contributed by atoms with Crippen molar-refractivity contribution >= 4 is 33.1 Å². The van der Waals surface area contributed by atoms with E-state index in [4.69, 9.17) is 0 Å². The van der Waals surface area contributed by atoms with E-state index in [0.29, 0.717) is 29.4 Å². The minimum absolute atomic E-state index is 0.119.